The Hall–Kier alpha value is -1.32. The Balaban J connectivity index is 0.00000338. The zero-order valence-corrected chi connectivity index (χ0v) is 17.7. The number of halogens is 3. The van der Waals surface area contributed by atoms with Gasteiger partial charge in [-0.05, 0) is 43.2 Å². The van der Waals surface area contributed by atoms with Crippen LogP contribution in [0.2, 0.25) is 5.02 Å². The van der Waals surface area contributed by atoms with Gasteiger partial charge in [-0.25, -0.2) is 9.38 Å². The van der Waals surface area contributed by atoms with Crippen molar-refractivity contribution in [3.05, 3.63) is 58.8 Å². The summed E-state index contributed by atoms with van der Waals surface area (Å²) in [5, 5.41) is 6.52. The van der Waals surface area contributed by atoms with Crippen molar-refractivity contribution in [1.82, 2.24) is 10.6 Å². The van der Waals surface area contributed by atoms with Crippen LogP contribution in [0.25, 0.3) is 0 Å². The van der Waals surface area contributed by atoms with Crippen LogP contribution >= 0.6 is 35.6 Å². The lowest BCUT2D eigenvalue weighted by Crippen LogP contribution is -2.38. The number of aliphatic imine (C=N–C) groups is 1. The third-order valence-electron chi connectivity index (χ3n) is 3.33. The molecular weight excluding hydrogens is 472 g/mol. The van der Waals surface area contributed by atoms with E-state index in [1.807, 2.05) is 19.1 Å². The van der Waals surface area contributed by atoms with E-state index in [0.29, 0.717) is 25.7 Å². The third-order valence-corrected chi connectivity index (χ3v) is 3.62. The van der Waals surface area contributed by atoms with Gasteiger partial charge in [-0.15, -0.1) is 24.0 Å². The van der Waals surface area contributed by atoms with Crippen LogP contribution in [0.5, 0.6) is 0 Å². The average molecular weight is 496 g/mol. The molecule has 1 heterocycles. The lowest BCUT2D eigenvalue weighted by Gasteiger charge is -2.11. The van der Waals surface area contributed by atoms with Gasteiger partial charge in [0.25, 0.3) is 0 Å². The third kappa shape index (κ3) is 8.37. The Kier molecular flexibility index (Phi) is 11.3. The fourth-order valence-electron chi connectivity index (χ4n) is 2.10. The van der Waals surface area contributed by atoms with E-state index in [9.17, 15) is 4.39 Å². The molecule has 26 heavy (non-hydrogen) atoms. The van der Waals surface area contributed by atoms with Crippen molar-refractivity contribution in [3.63, 3.8) is 0 Å². The standard InChI is InChI=1S/C18H23ClFN3O2.HI/c1-2-21-18(23-12-14-6-7-17(20)16(19)11-14)22-8-4-9-24-13-15-5-3-10-25-15;/h3,5-7,10-11H,2,4,8-9,12-13H2,1H3,(H2,21,22,23);1H. The van der Waals surface area contributed by atoms with Gasteiger partial charge in [0.1, 0.15) is 18.2 Å². The Labute approximate surface area is 175 Å². The van der Waals surface area contributed by atoms with E-state index < -0.39 is 5.82 Å². The molecule has 0 atom stereocenters. The molecule has 144 valence electrons. The molecule has 0 aliphatic rings. The van der Waals surface area contributed by atoms with E-state index in [2.05, 4.69) is 15.6 Å². The monoisotopic (exact) mass is 495 g/mol. The predicted octanol–water partition coefficient (Wildman–Crippen LogP) is 4.35. The topological polar surface area (TPSA) is 58.8 Å². The molecule has 1 aromatic carbocycles. The van der Waals surface area contributed by atoms with Crippen molar-refractivity contribution in [3.8, 4) is 0 Å². The molecular formula is C18H24ClFIN3O2. The summed E-state index contributed by atoms with van der Waals surface area (Å²) in [5.41, 5.74) is 0.852. The molecule has 0 unspecified atom stereocenters. The lowest BCUT2D eigenvalue weighted by molar-refractivity contribution is 0.105. The van der Waals surface area contributed by atoms with E-state index in [-0.39, 0.29) is 29.0 Å². The van der Waals surface area contributed by atoms with Crippen LogP contribution < -0.4 is 10.6 Å². The second-order valence-electron chi connectivity index (χ2n) is 5.36. The van der Waals surface area contributed by atoms with E-state index >= 15 is 0 Å². The SMILES string of the molecule is CCNC(=NCc1ccc(F)c(Cl)c1)NCCCOCc1ccco1.I. The van der Waals surface area contributed by atoms with Gasteiger partial charge in [0, 0.05) is 19.7 Å². The zero-order valence-electron chi connectivity index (χ0n) is 14.6. The smallest absolute Gasteiger partial charge is 0.191 e. The normalized spacial score (nSPS) is 11.1. The Morgan fingerprint density at radius 3 is 2.85 bits per heavy atom. The number of guanidine groups is 1. The fourth-order valence-corrected chi connectivity index (χ4v) is 2.30. The van der Waals surface area contributed by atoms with Gasteiger partial charge in [0.2, 0.25) is 0 Å². The number of hydrogen-bond donors (Lipinski definition) is 2. The minimum Gasteiger partial charge on any atom is -0.467 e. The van der Waals surface area contributed by atoms with E-state index in [0.717, 1.165) is 30.8 Å². The van der Waals surface area contributed by atoms with Crippen LogP contribution in [0.15, 0.2) is 46.0 Å². The Bertz CT molecular complexity index is 668. The molecule has 0 amide bonds. The largest absolute Gasteiger partial charge is 0.467 e. The number of furan rings is 1. The van der Waals surface area contributed by atoms with Crippen LogP contribution in [-0.4, -0.2) is 25.7 Å². The lowest BCUT2D eigenvalue weighted by atomic mass is 10.2. The second kappa shape index (κ2) is 12.9. The number of nitrogens with one attached hydrogen (secondary N) is 2. The first kappa shape index (κ1) is 22.7. The second-order valence-corrected chi connectivity index (χ2v) is 5.76. The van der Waals surface area contributed by atoms with Crippen LogP contribution in [0, 0.1) is 5.82 Å². The van der Waals surface area contributed by atoms with E-state index in [1.165, 1.54) is 6.07 Å². The first-order chi connectivity index (χ1) is 12.2. The van der Waals surface area contributed by atoms with E-state index in [1.54, 1.807) is 18.4 Å². The summed E-state index contributed by atoms with van der Waals surface area (Å²) in [4.78, 5) is 4.47. The Morgan fingerprint density at radius 2 is 2.15 bits per heavy atom. The molecule has 0 fully saturated rings. The summed E-state index contributed by atoms with van der Waals surface area (Å²) < 4.78 is 23.9. The molecule has 8 heteroatoms. The molecule has 0 spiro atoms. The van der Waals surface area contributed by atoms with Gasteiger partial charge in [-0.1, -0.05) is 17.7 Å². The van der Waals surface area contributed by atoms with Gasteiger partial charge in [-0.3, -0.25) is 0 Å². The van der Waals surface area contributed by atoms with Crippen molar-refractivity contribution in [2.24, 2.45) is 4.99 Å². The summed E-state index contributed by atoms with van der Waals surface area (Å²) >= 11 is 5.78. The van der Waals surface area contributed by atoms with Gasteiger partial charge in [-0.2, -0.15) is 0 Å². The molecule has 5 nitrogen and oxygen atoms in total. The van der Waals surface area contributed by atoms with Crippen molar-refractivity contribution >= 4 is 41.5 Å². The molecule has 2 aromatic rings. The maximum absolute atomic E-state index is 13.2. The van der Waals surface area contributed by atoms with Gasteiger partial charge in [0.05, 0.1) is 17.8 Å². The van der Waals surface area contributed by atoms with Crippen molar-refractivity contribution < 1.29 is 13.5 Å². The molecule has 2 N–H and O–H groups in total. The molecule has 0 aliphatic carbocycles. The minimum absolute atomic E-state index is 0. The number of benzene rings is 1. The van der Waals surface area contributed by atoms with Crippen molar-refractivity contribution in [1.29, 1.82) is 0 Å². The van der Waals surface area contributed by atoms with Gasteiger partial charge < -0.3 is 19.8 Å². The van der Waals surface area contributed by atoms with Crippen molar-refractivity contribution in [2.45, 2.75) is 26.5 Å². The first-order valence-corrected chi connectivity index (χ1v) is 8.63. The molecule has 0 saturated heterocycles. The molecule has 0 bridgehead atoms. The maximum Gasteiger partial charge on any atom is 0.191 e. The molecule has 0 aliphatic heterocycles. The number of nitrogens with zero attached hydrogens (tertiary/aromatic N) is 1. The first-order valence-electron chi connectivity index (χ1n) is 8.25. The number of hydrogen-bond acceptors (Lipinski definition) is 3. The van der Waals surface area contributed by atoms with Crippen LogP contribution in [0.1, 0.15) is 24.7 Å². The highest BCUT2D eigenvalue weighted by Crippen LogP contribution is 2.16. The van der Waals surface area contributed by atoms with Gasteiger partial charge >= 0.3 is 0 Å². The summed E-state index contributed by atoms with van der Waals surface area (Å²) in [6.45, 7) is 5.01. The average Bonchev–Trinajstić information content (AvgIpc) is 3.12. The summed E-state index contributed by atoms with van der Waals surface area (Å²) in [5.74, 6) is 1.10. The molecule has 0 saturated carbocycles. The fraction of sp³-hybridized carbons (Fsp3) is 0.389. The highest BCUT2D eigenvalue weighted by molar-refractivity contribution is 14.0. The summed E-state index contributed by atoms with van der Waals surface area (Å²) in [6.07, 6.45) is 2.47. The zero-order chi connectivity index (χ0) is 17.9. The van der Waals surface area contributed by atoms with Crippen LogP contribution in [0.4, 0.5) is 4.39 Å². The molecule has 0 radical (unpaired) electrons. The Morgan fingerprint density at radius 1 is 1.31 bits per heavy atom. The predicted molar refractivity (Wildman–Crippen MR) is 113 cm³/mol. The number of rotatable bonds is 9. The quantitative estimate of drug-likeness (QED) is 0.235. The minimum atomic E-state index is -0.422. The number of ether oxygens (including phenoxy) is 1. The highest BCUT2D eigenvalue weighted by Gasteiger charge is 2.02. The van der Waals surface area contributed by atoms with E-state index in [4.69, 9.17) is 20.8 Å². The van der Waals surface area contributed by atoms with Crippen LogP contribution in [0.3, 0.4) is 0 Å². The molecule has 2 rings (SSSR count). The maximum atomic E-state index is 13.2. The molecule has 1 aromatic heterocycles. The summed E-state index contributed by atoms with van der Waals surface area (Å²) in [7, 11) is 0. The van der Waals surface area contributed by atoms with Gasteiger partial charge in [0.15, 0.2) is 5.96 Å². The van der Waals surface area contributed by atoms with Crippen LogP contribution in [-0.2, 0) is 17.9 Å². The highest BCUT2D eigenvalue weighted by atomic mass is 127. The van der Waals surface area contributed by atoms with Crippen molar-refractivity contribution in [2.75, 3.05) is 19.7 Å². The summed E-state index contributed by atoms with van der Waals surface area (Å²) in [6, 6.07) is 8.34.